The Balaban J connectivity index is 1.52. The normalized spacial score (nSPS) is 11.2. The lowest BCUT2D eigenvalue weighted by Gasteiger charge is -2.11. The van der Waals surface area contributed by atoms with E-state index in [1.807, 2.05) is 31.2 Å². The van der Waals surface area contributed by atoms with E-state index in [0.717, 1.165) is 11.3 Å². The fraction of sp³-hybridized carbons (Fsp3) is 0.120. The van der Waals surface area contributed by atoms with Gasteiger partial charge in [0.15, 0.2) is 12.4 Å². The summed E-state index contributed by atoms with van der Waals surface area (Å²) in [5.41, 5.74) is 1.37. The lowest BCUT2D eigenvalue weighted by Crippen LogP contribution is -2.15. The van der Waals surface area contributed by atoms with Crippen molar-refractivity contribution in [3.63, 3.8) is 0 Å². The van der Waals surface area contributed by atoms with Gasteiger partial charge in [-0.15, -0.1) is 0 Å². The quantitative estimate of drug-likeness (QED) is 0.358. The Kier molecular flexibility index (Phi) is 7.09. The number of sulfone groups is 1. The summed E-state index contributed by atoms with van der Waals surface area (Å²) in [5, 5.41) is 7.34. The van der Waals surface area contributed by atoms with Crippen LogP contribution in [0.2, 0.25) is 5.02 Å². The largest absolute Gasteiger partial charge is 0.497 e. The van der Waals surface area contributed by atoms with Crippen LogP contribution in [0.5, 0.6) is 11.5 Å². The average molecular weight is 512 g/mol. The minimum Gasteiger partial charge on any atom is -0.497 e. The number of hydrogen-bond donors (Lipinski definition) is 1. The molecule has 1 heterocycles. The third-order valence-corrected chi connectivity index (χ3v) is 7.13. The van der Waals surface area contributed by atoms with Crippen molar-refractivity contribution in [3.8, 4) is 11.5 Å². The average Bonchev–Trinajstić information content (AvgIpc) is 3.33. The number of rotatable bonds is 8. The first kappa shape index (κ1) is 24.3. The van der Waals surface area contributed by atoms with E-state index in [2.05, 4.69) is 10.4 Å². The van der Waals surface area contributed by atoms with E-state index in [1.54, 1.807) is 12.3 Å². The number of nitrogens with one attached hydrogen (secondary N) is 1. The molecule has 1 aromatic heterocycles. The molecule has 10 heteroatoms. The number of hydrogen-bond acceptors (Lipinski definition) is 6. The first-order valence-electron chi connectivity index (χ1n) is 10.5. The Bertz CT molecular complexity index is 1470. The van der Waals surface area contributed by atoms with Crippen LogP contribution in [-0.4, -0.2) is 31.2 Å². The molecule has 0 spiro atoms. The summed E-state index contributed by atoms with van der Waals surface area (Å²) in [6, 6.07) is 19.2. The van der Waals surface area contributed by atoms with Crippen LogP contribution in [0.15, 0.2) is 88.8 Å². The van der Waals surface area contributed by atoms with Crippen LogP contribution in [0, 0.1) is 6.92 Å². The molecule has 0 saturated carbocycles. The molecule has 0 unspecified atom stereocenters. The number of aromatic nitrogens is 2. The highest BCUT2D eigenvalue weighted by Gasteiger charge is 2.20. The molecule has 180 valence electrons. The van der Waals surface area contributed by atoms with Gasteiger partial charge in [-0.1, -0.05) is 29.8 Å². The van der Waals surface area contributed by atoms with E-state index >= 15 is 0 Å². The van der Waals surface area contributed by atoms with Gasteiger partial charge in [-0.2, -0.15) is 5.10 Å². The summed E-state index contributed by atoms with van der Waals surface area (Å²) in [6.07, 6.45) is 1.62. The molecular formula is C25H22ClN3O5S. The second-order valence-corrected chi connectivity index (χ2v) is 9.97. The molecule has 35 heavy (non-hydrogen) atoms. The number of benzene rings is 3. The molecule has 0 aliphatic carbocycles. The van der Waals surface area contributed by atoms with E-state index in [4.69, 9.17) is 21.1 Å². The highest BCUT2D eigenvalue weighted by molar-refractivity contribution is 7.91. The van der Waals surface area contributed by atoms with Crippen molar-refractivity contribution in [2.75, 3.05) is 12.4 Å². The van der Waals surface area contributed by atoms with Crippen molar-refractivity contribution in [2.45, 2.75) is 23.4 Å². The number of halogens is 1. The molecule has 0 saturated heterocycles. The number of anilines is 1. The Morgan fingerprint density at radius 3 is 2.49 bits per heavy atom. The second kappa shape index (κ2) is 10.2. The van der Waals surface area contributed by atoms with E-state index in [0.29, 0.717) is 5.02 Å². The van der Waals surface area contributed by atoms with E-state index in [-0.39, 0.29) is 33.7 Å². The summed E-state index contributed by atoms with van der Waals surface area (Å²) >= 11 is 5.88. The molecule has 0 atom stereocenters. The number of amides is 1. The summed E-state index contributed by atoms with van der Waals surface area (Å²) in [5.74, 6) is 0.482. The zero-order chi connectivity index (χ0) is 25.0. The van der Waals surface area contributed by atoms with Gasteiger partial charge >= 0.3 is 0 Å². The van der Waals surface area contributed by atoms with Gasteiger partial charge < -0.3 is 14.8 Å². The van der Waals surface area contributed by atoms with Crippen molar-refractivity contribution in [1.82, 2.24) is 9.78 Å². The molecule has 4 rings (SSSR count). The van der Waals surface area contributed by atoms with Gasteiger partial charge in [0.25, 0.3) is 5.91 Å². The highest BCUT2D eigenvalue weighted by Crippen LogP contribution is 2.29. The predicted octanol–water partition coefficient (Wildman–Crippen LogP) is 4.98. The van der Waals surface area contributed by atoms with Crippen LogP contribution >= 0.6 is 11.6 Å². The number of methoxy groups -OCH3 is 1. The fourth-order valence-electron chi connectivity index (χ4n) is 3.27. The van der Waals surface area contributed by atoms with E-state index in [1.165, 1.54) is 54.3 Å². The summed E-state index contributed by atoms with van der Waals surface area (Å²) in [7, 11) is -2.46. The molecule has 0 aliphatic heterocycles. The van der Waals surface area contributed by atoms with Crippen molar-refractivity contribution in [1.29, 1.82) is 0 Å². The van der Waals surface area contributed by atoms with E-state index in [9.17, 15) is 13.2 Å². The lowest BCUT2D eigenvalue weighted by molar-refractivity contribution is 0.102. The zero-order valence-corrected chi connectivity index (χ0v) is 20.5. The number of aryl methyl sites for hydroxylation is 1. The summed E-state index contributed by atoms with van der Waals surface area (Å²) in [4.78, 5) is 12.8. The Labute approximate surface area is 208 Å². The molecule has 0 aliphatic rings. The number of nitrogens with zero attached hydrogens (tertiary/aromatic N) is 2. The fourth-order valence-corrected chi connectivity index (χ4v) is 4.72. The van der Waals surface area contributed by atoms with Gasteiger partial charge in [-0.05, 0) is 61.0 Å². The summed E-state index contributed by atoms with van der Waals surface area (Å²) in [6.45, 7) is 2.06. The van der Waals surface area contributed by atoms with Crippen molar-refractivity contribution in [2.24, 2.45) is 0 Å². The van der Waals surface area contributed by atoms with Crippen LogP contribution < -0.4 is 14.8 Å². The topological polar surface area (TPSA) is 99.5 Å². The number of para-hydroxylation sites is 1. The molecule has 8 nitrogen and oxygen atoms in total. The van der Waals surface area contributed by atoms with Crippen molar-refractivity contribution in [3.05, 3.63) is 95.3 Å². The van der Waals surface area contributed by atoms with Crippen LogP contribution in [0.3, 0.4) is 0 Å². The lowest BCUT2D eigenvalue weighted by atomic mass is 10.2. The van der Waals surface area contributed by atoms with Gasteiger partial charge in [-0.3, -0.25) is 4.79 Å². The third-order valence-electron chi connectivity index (χ3n) is 5.13. The van der Waals surface area contributed by atoms with Crippen molar-refractivity contribution >= 4 is 33.0 Å². The second-order valence-electron chi connectivity index (χ2n) is 7.59. The Morgan fingerprint density at radius 1 is 1.03 bits per heavy atom. The third kappa shape index (κ3) is 5.64. The molecule has 0 bridgehead atoms. The van der Waals surface area contributed by atoms with Crippen LogP contribution in [0.1, 0.15) is 16.1 Å². The maximum atomic E-state index is 13.1. The first-order valence-corrected chi connectivity index (χ1v) is 12.4. The maximum absolute atomic E-state index is 13.1. The van der Waals surface area contributed by atoms with Crippen LogP contribution in [0.25, 0.3) is 0 Å². The van der Waals surface area contributed by atoms with Crippen LogP contribution in [-0.2, 0) is 16.6 Å². The SMILES string of the molecule is COc1cc(NC(=O)c2ccn(COc3ccccc3C)n2)cc(S(=O)(=O)c2ccc(Cl)cc2)c1. The Morgan fingerprint density at radius 2 is 1.77 bits per heavy atom. The number of carbonyl (C=O) groups is 1. The molecule has 3 aromatic carbocycles. The minimum absolute atomic E-state index is 0.0355. The summed E-state index contributed by atoms with van der Waals surface area (Å²) < 4.78 is 38.7. The minimum atomic E-state index is -3.87. The molecule has 0 fully saturated rings. The molecule has 1 amide bonds. The molecule has 0 radical (unpaired) electrons. The Hall–Kier alpha value is -3.82. The van der Waals surface area contributed by atoms with E-state index < -0.39 is 15.7 Å². The van der Waals surface area contributed by atoms with Crippen LogP contribution in [0.4, 0.5) is 5.69 Å². The van der Waals surface area contributed by atoms with Gasteiger partial charge in [0.1, 0.15) is 11.5 Å². The maximum Gasteiger partial charge on any atom is 0.276 e. The standard InChI is InChI=1S/C25H22ClN3O5S/c1-17-5-3-4-6-24(17)34-16-29-12-11-23(28-29)25(30)27-19-13-20(33-2)15-22(14-19)35(31,32)21-9-7-18(26)8-10-21/h3-15H,16H2,1-2H3,(H,27,30). The first-order chi connectivity index (χ1) is 16.8. The monoisotopic (exact) mass is 511 g/mol. The molecular weight excluding hydrogens is 490 g/mol. The molecule has 1 N–H and O–H groups in total. The van der Waals surface area contributed by atoms with Gasteiger partial charge in [-0.25, -0.2) is 13.1 Å². The number of carbonyl (C=O) groups excluding carboxylic acids is 1. The van der Waals surface area contributed by atoms with Gasteiger partial charge in [0.05, 0.1) is 16.9 Å². The van der Waals surface area contributed by atoms with Crippen molar-refractivity contribution < 1.29 is 22.7 Å². The zero-order valence-electron chi connectivity index (χ0n) is 18.9. The predicted molar refractivity (Wildman–Crippen MR) is 132 cm³/mol. The number of ether oxygens (including phenoxy) is 2. The van der Waals surface area contributed by atoms with Gasteiger partial charge in [0.2, 0.25) is 9.84 Å². The highest BCUT2D eigenvalue weighted by atomic mass is 35.5. The molecule has 4 aromatic rings. The van der Waals surface area contributed by atoms with Gasteiger partial charge in [0, 0.05) is 23.0 Å². The smallest absolute Gasteiger partial charge is 0.276 e.